The van der Waals surface area contributed by atoms with Gasteiger partial charge in [0.25, 0.3) is 0 Å². The van der Waals surface area contributed by atoms with Crippen LogP contribution in [0.3, 0.4) is 0 Å². The maximum absolute atomic E-state index is 9.86. The zero-order valence-corrected chi connectivity index (χ0v) is 10.0. The van der Waals surface area contributed by atoms with Gasteiger partial charge in [0, 0.05) is 5.57 Å². The fraction of sp³-hybridized carbons (Fsp3) is 0.214. The predicted octanol–water partition coefficient (Wildman–Crippen LogP) is 3.76. The third-order valence-corrected chi connectivity index (χ3v) is 2.04. The summed E-state index contributed by atoms with van der Waals surface area (Å²) in [5.41, 5.74) is 2.73. The molecule has 1 aromatic rings. The van der Waals surface area contributed by atoms with Crippen molar-refractivity contribution in [1.82, 2.24) is 0 Å². The van der Waals surface area contributed by atoms with Crippen LogP contribution in [-0.2, 0) is 4.79 Å². The van der Waals surface area contributed by atoms with Gasteiger partial charge in [0.1, 0.15) is 0 Å². The second kappa shape index (κ2) is 7.46. The molecule has 0 saturated heterocycles. The summed E-state index contributed by atoms with van der Waals surface area (Å²) in [6.07, 6.45) is 1.56. The Balaban J connectivity index is 0.000000293. The van der Waals surface area contributed by atoms with Gasteiger partial charge in [0.05, 0.1) is 0 Å². The molecule has 0 amide bonds. The summed E-state index contributed by atoms with van der Waals surface area (Å²) in [6.45, 7) is 9.09. The first-order valence-corrected chi connectivity index (χ1v) is 5.06. The molecule has 0 aliphatic carbocycles. The molecule has 0 spiro atoms. The second-order valence-corrected chi connectivity index (χ2v) is 3.42. The van der Waals surface area contributed by atoms with E-state index in [0.717, 1.165) is 5.57 Å². The Hall–Kier alpha value is -1.83. The molecule has 0 unspecified atom stereocenters. The Morgan fingerprint density at radius 2 is 1.75 bits per heavy atom. The minimum absolute atomic E-state index is 0.389. The van der Waals surface area contributed by atoms with Gasteiger partial charge in [-0.3, -0.25) is 0 Å². The number of aliphatic carboxylic acids is 1. The van der Waals surface area contributed by atoms with Crippen LogP contribution in [0.25, 0.3) is 5.57 Å². The Labute approximate surface area is 96.9 Å². The summed E-state index contributed by atoms with van der Waals surface area (Å²) < 4.78 is 0. The summed E-state index contributed by atoms with van der Waals surface area (Å²) in [7, 11) is 0. The third kappa shape index (κ3) is 5.81. The number of allylic oxidation sites excluding steroid dienone is 2. The first kappa shape index (κ1) is 14.2. The lowest BCUT2D eigenvalue weighted by Gasteiger charge is -1.94. The lowest BCUT2D eigenvalue weighted by atomic mass is 10.1. The minimum Gasteiger partial charge on any atom is -0.478 e. The number of hydrogen-bond donors (Lipinski definition) is 1. The van der Waals surface area contributed by atoms with Crippen LogP contribution in [0.5, 0.6) is 0 Å². The van der Waals surface area contributed by atoms with Crippen molar-refractivity contribution < 1.29 is 9.90 Å². The molecule has 0 atom stereocenters. The molecule has 0 radical (unpaired) electrons. The van der Waals surface area contributed by atoms with Gasteiger partial charge in [-0.05, 0) is 26.3 Å². The zero-order valence-electron chi connectivity index (χ0n) is 10.0. The average Bonchev–Trinajstić information content (AvgIpc) is 2.29. The molecule has 86 valence electrons. The molecule has 2 heteroatoms. The van der Waals surface area contributed by atoms with E-state index in [-0.39, 0.29) is 0 Å². The fourth-order valence-corrected chi connectivity index (χ4v) is 0.846. The molecule has 0 fully saturated rings. The topological polar surface area (TPSA) is 37.3 Å². The zero-order chi connectivity index (χ0) is 12.6. The van der Waals surface area contributed by atoms with Gasteiger partial charge in [0.2, 0.25) is 0 Å². The summed E-state index contributed by atoms with van der Waals surface area (Å²) in [6, 6.07) is 10.2. The number of hydrogen-bond acceptors (Lipinski definition) is 1. The monoisotopic (exact) mass is 218 g/mol. The number of benzene rings is 1. The third-order valence-electron chi connectivity index (χ3n) is 2.04. The average molecular weight is 218 g/mol. The highest BCUT2D eigenvalue weighted by atomic mass is 16.4. The van der Waals surface area contributed by atoms with Gasteiger partial charge in [-0.1, -0.05) is 48.6 Å². The summed E-state index contributed by atoms with van der Waals surface area (Å²) in [5, 5.41) is 8.11. The highest BCUT2D eigenvalue weighted by molar-refractivity contribution is 5.85. The number of rotatable bonds is 2. The molecule has 0 heterocycles. The van der Waals surface area contributed by atoms with Crippen molar-refractivity contribution >= 4 is 11.5 Å². The fourth-order valence-electron chi connectivity index (χ4n) is 0.846. The minimum atomic E-state index is -0.845. The summed E-state index contributed by atoms with van der Waals surface area (Å²) >= 11 is 0. The van der Waals surface area contributed by atoms with Crippen LogP contribution in [0.15, 0.2) is 48.6 Å². The van der Waals surface area contributed by atoms with E-state index >= 15 is 0 Å². The highest BCUT2D eigenvalue weighted by Gasteiger charge is 1.93. The molecular weight excluding hydrogens is 200 g/mol. The molecule has 0 aliphatic rings. The van der Waals surface area contributed by atoms with Crippen LogP contribution in [0.1, 0.15) is 26.3 Å². The smallest absolute Gasteiger partial charge is 0.330 e. The van der Waals surface area contributed by atoms with E-state index in [1.165, 1.54) is 5.56 Å². The molecule has 1 aromatic carbocycles. The largest absolute Gasteiger partial charge is 0.478 e. The van der Waals surface area contributed by atoms with E-state index in [1.54, 1.807) is 19.9 Å². The first-order chi connectivity index (χ1) is 7.49. The van der Waals surface area contributed by atoms with Gasteiger partial charge in [-0.25, -0.2) is 4.79 Å². The predicted molar refractivity (Wildman–Crippen MR) is 68.2 cm³/mol. The Kier molecular flexibility index (Phi) is 6.61. The van der Waals surface area contributed by atoms with E-state index < -0.39 is 5.97 Å². The van der Waals surface area contributed by atoms with Crippen LogP contribution in [0.4, 0.5) is 0 Å². The summed E-state index contributed by atoms with van der Waals surface area (Å²) in [4.78, 5) is 9.86. The van der Waals surface area contributed by atoms with Crippen molar-refractivity contribution in [3.05, 3.63) is 54.1 Å². The Morgan fingerprint density at radius 3 is 1.94 bits per heavy atom. The molecule has 2 nitrogen and oxygen atoms in total. The van der Waals surface area contributed by atoms with Crippen LogP contribution in [-0.4, -0.2) is 11.1 Å². The second-order valence-electron chi connectivity index (χ2n) is 3.42. The molecule has 0 saturated carbocycles. The van der Waals surface area contributed by atoms with Gasteiger partial charge in [-0.15, -0.1) is 0 Å². The van der Waals surface area contributed by atoms with Crippen LogP contribution in [0, 0.1) is 0 Å². The maximum Gasteiger partial charge on any atom is 0.330 e. The van der Waals surface area contributed by atoms with Crippen LogP contribution >= 0.6 is 0 Å². The maximum atomic E-state index is 9.86. The van der Waals surface area contributed by atoms with E-state index in [2.05, 4.69) is 18.7 Å². The van der Waals surface area contributed by atoms with E-state index in [1.807, 2.05) is 25.1 Å². The van der Waals surface area contributed by atoms with Gasteiger partial charge in [0.15, 0.2) is 0 Å². The molecule has 0 bridgehead atoms. The van der Waals surface area contributed by atoms with Crippen molar-refractivity contribution in [1.29, 1.82) is 0 Å². The number of carboxylic acids is 1. The van der Waals surface area contributed by atoms with Crippen LogP contribution in [0.2, 0.25) is 0 Å². The van der Waals surface area contributed by atoms with Crippen LogP contribution < -0.4 is 0 Å². The SMILES string of the molecule is C/C=C(\C)C(=O)O.C=C(C)c1ccccc1. The van der Waals surface area contributed by atoms with E-state index in [9.17, 15) is 4.79 Å². The normalized spacial score (nSPS) is 10.1. The number of carboxylic acid groups (broad SMARTS) is 1. The highest BCUT2D eigenvalue weighted by Crippen LogP contribution is 2.08. The quantitative estimate of drug-likeness (QED) is 0.767. The van der Waals surface area contributed by atoms with Crippen molar-refractivity contribution in [2.45, 2.75) is 20.8 Å². The molecule has 1 N–H and O–H groups in total. The molecule has 0 aromatic heterocycles. The van der Waals surface area contributed by atoms with Crippen molar-refractivity contribution in [3.8, 4) is 0 Å². The molecule has 0 aliphatic heterocycles. The van der Waals surface area contributed by atoms with E-state index in [4.69, 9.17) is 5.11 Å². The summed E-state index contributed by atoms with van der Waals surface area (Å²) in [5.74, 6) is -0.845. The standard InChI is InChI=1S/C9H10.C5H8O2/c1-8(2)9-6-4-3-5-7-9;1-3-4(2)5(6)7/h3-7H,1H2,2H3;3H,1-2H3,(H,6,7)/b;4-3+. The van der Waals surface area contributed by atoms with Gasteiger partial charge in [-0.2, -0.15) is 0 Å². The lowest BCUT2D eigenvalue weighted by Crippen LogP contribution is -1.93. The van der Waals surface area contributed by atoms with Gasteiger partial charge >= 0.3 is 5.97 Å². The van der Waals surface area contributed by atoms with Crippen molar-refractivity contribution in [3.63, 3.8) is 0 Å². The van der Waals surface area contributed by atoms with Crippen molar-refractivity contribution in [2.24, 2.45) is 0 Å². The van der Waals surface area contributed by atoms with Crippen molar-refractivity contribution in [2.75, 3.05) is 0 Å². The molecule has 1 rings (SSSR count). The Morgan fingerprint density at radius 1 is 1.25 bits per heavy atom. The molecule has 16 heavy (non-hydrogen) atoms. The molecular formula is C14H18O2. The number of carbonyl (C=O) groups is 1. The lowest BCUT2D eigenvalue weighted by molar-refractivity contribution is -0.132. The van der Waals surface area contributed by atoms with Gasteiger partial charge < -0.3 is 5.11 Å². The first-order valence-electron chi connectivity index (χ1n) is 5.06. The van der Waals surface area contributed by atoms with E-state index in [0.29, 0.717) is 5.57 Å². The Bertz CT molecular complexity index is 375.